The van der Waals surface area contributed by atoms with E-state index in [0.29, 0.717) is 18.8 Å². The van der Waals surface area contributed by atoms with E-state index in [-0.39, 0.29) is 23.9 Å². The van der Waals surface area contributed by atoms with Crippen LogP contribution in [0.25, 0.3) is 0 Å². The minimum absolute atomic E-state index is 0.110. The van der Waals surface area contributed by atoms with Crippen LogP contribution in [0.4, 0.5) is 0 Å². The fourth-order valence-electron chi connectivity index (χ4n) is 1.93. The van der Waals surface area contributed by atoms with Gasteiger partial charge in [0.1, 0.15) is 11.5 Å². The number of nitrogens with one attached hydrogen (secondary N) is 2. The number of hydrogen-bond acceptors (Lipinski definition) is 5. The van der Waals surface area contributed by atoms with E-state index in [1.807, 2.05) is 24.3 Å². The third kappa shape index (κ3) is 5.14. The first-order valence-electron chi connectivity index (χ1n) is 7.19. The number of benzene rings is 1. The third-order valence-corrected chi connectivity index (χ3v) is 3.12. The van der Waals surface area contributed by atoms with Crippen molar-refractivity contribution in [1.82, 2.24) is 15.8 Å². The molecular weight excluding hydrogens is 298 g/mol. The van der Waals surface area contributed by atoms with E-state index in [2.05, 4.69) is 15.8 Å². The predicted molar refractivity (Wildman–Crippen MR) is 83.3 cm³/mol. The number of rotatable bonds is 7. The highest BCUT2D eigenvalue weighted by Gasteiger charge is 2.10. The van der Waals surface area contributed by atoms with Gasteiger partial charge in [-0.2, -0.15) is 0 Å². The molecule has 1 heterocycles. The summed E-state index contributed by atoms with van der Waals surface area (Å²) in [7, 11) is 1.59. The summed E-state index contributed by atoms with van der Waals surface area (Å²) in [5.41, 5.74) is 1.12. The van der Waals surface area contributed by atoms with Crippen LogP contribution in [0, 0.1) is 6.92 Å². The summed E-state index contributed by atoms with van der Waals surface area (Å²) in [6, 6.07) is 8.85. The van der Waals surface area contributed by atoms with E-state index in [9.17, 15) is 9.59 Å². The molecule has 122 valence electrons. The molecule has 0 fully saturated rings. The third-order valence-electron chi connectivity index (χ3n) is 3.12. The van der Waals surface area contributed by atoms with Gasteiger partial charge in [-0.3, -0.25) is 9.59 Å². The van der Waals surface area contributed by atoms with Crippen LogP contribution in [-0.4, -0.2) is 37.2 Å². The van der Waals surface area contributed by atoms with Gasteiger partial charge in [0.2, 0.25) is 5.91 Å². The van der Waals surface area contributed by atoms with Crippen LogP contribution in [0.2, 0.25) is 0 Å². The molecule has 0 aliphatic rings. The molecule has 1 aromatic carbocycles. The van der Waals surface area contributed by atoms with Crippen molar-refractivity contribution in [2.24, 2.45) is 0 Å². The number of aromatic nitrogens is 1. The van der Waals surface area contributed by atoms with Gasteiger partial charge in [0.05, 0.1) is 13.5 Å². The molecule has 0 saturated heterocycles. The Kier molecular flexibility index (Phi) is 5.74. The second kappa shape index (κ2) is 7.98. The number of methoxy groups -OCH3 is 1. The Balaban J connectivity index is 1.67. The van der Waals surface area contributed by atoms with Crippen molar-refractivity contribution < 1.29 is 18.8 Å². The lowest BCUT2D eigenvalue weighted by molar-refractivity contribution is -0.120. The first kappa shape index (κ1) is 16.5. The van der Waals surface area contributed by atoms with Crippen LogP contribution in [-0.2, 0) is 11.2 Å². The van der Waals surface area contributed by atoms with Crippen LogP contribution in [0.3, 0.4) is 0 Å². The predicted octanol–water partition coefficient (Wildman–Crippen LogP) is 1.08. The van der Waals surface area contributed by atoms with Crippen LogP contribution < -0.4 is 15.4 Å². The summed E-state index contributed by atoms with van der Waals surface area (Å²) in [5.74, 6) is 0.885. The normalized spacial score (nSPS) is 10.2. The molecule has 0 aliphatic carbocycles. The molecule has 0 atom stereocenters. The highest BCUT2D eigenvalue weighted by molar-refractivity contribution is 5.92. The minimum Gasteiger partial charge on any atom is -0.497 e. The summed E-state index contributed by atoms with van der Waals surface area (Å²) in [5, 5.41) is 9.01. The number of carbonyl (C=O) groups excluding carboxylic acids is 2. The molecule has 0 radical (unpaired) electrons. The van der Waals surface area contributed by atoms with Crippen molar-refractivity contribution in [3.63, 3.8) is 0 Å². The van der Waals surface area contributed by atoms with Crippen molar-refractivity contribution in [3.8, 4) is 5.75 Å². The molecule has 7 nitrogen and oxygen atoms in total. The van der Waals surface area contributed by atoms with Gasteiger partial charge < -0.3 is 19.9 Å². The van der Waals surface area contributed by atoms with Gasteiger partial charge in [0.25, 0.3) is 5.91 Å². The summed E-state index contributed by atoms with van der Waals surface area (Å²) in [6.07, 6.45) is 0.278. The molecule has 23 heavy (non-hydrogen) atoms. The maximum absolute atomic E-state index is 11.8. The lowest BCUT2D eigenvalue weighted by Crippen LogP contribution is -2.35. The zero-order valence-electron chi connectivity index (χ0n) is 13.1. The number of nitrogens with zero attached hydrogens (tertiary/aromatic N) is 1. The first-order chi connectivity index (χ1) is 11.1. The Hall–Kier alpha value is -2.83. The standard InChI is InChI=1S/C16H19N3O4/c1-11-9-14(19-23-11)16(21)18-8-7-17-15(20)10-12-3-5-13(22-2)6-4-12/h3-6,9H,7-8,10H2,1-2H3,(H,17,20)(H,18,21). The first-order valence-corrected chi connectivity index (χ1v) is 7.19. The summed E-state index contributed by atoms with van der Waals surface area (Å²) >= 11 is 0. The van der Waals surface area contributed by atoms with E-state index >= 15 is 0 Å². The van der Waals surface area contributed by atoms with E-state index < -0.39 is 0 Å². The molecule has 2 amide bonds. The molecule has 0 aliphatic heterocycles. The van der Waals surface area contributed by atoms with Crippen molar-refractivity contribution in [3.05, 3.63) is 47.3 Å². The van der Waals surface area contributed by atoms with Crippen molar-refractivity contribution >= 4 is 11.8 Å². The van der Waals surface area contributed by atoms with Crippen LogP contribution >= 0.6 is 0 Å². The van der Waals surface area contributed by atoms with Gasteiger partial charge in [-0.15, -0.1) is 0 Å². The van der Waals surface area contributed by atoms with Crippen LogP contribution in [0.15, 0.2) is 34.9 Å². The Labute approximate surface area is 134 Å². The second-order valence-electron chi connectivity index (χ2n) is 4.95. The lowest BCUT2D eigenvalue weighted by atomic mass is 10.1. The van der Waals surface area contributed by atoms with Crippen molar-refractivity contribution in [2.45, 2.75) is 13.3 Å². The van der Waals surface area contributed by atoms with Gasteiger partial charge in [-0.1, -0.05) is 17.3 Å². The topological polar surface area (TPSA) is 93.5 Å². The quantitative estimate of drug-likeness (QED) is 0.745. The highest BCUT2D eigenvalue weighted by atomic mass is 16.5. The maximum atomic E-state index is 11.8. The van der Waals surface area contributed by atoms with Gasteiger partial charge in [-0.25, -0.2) is 0 Å². The van der Waals surface area contributed by atoms with Crippen LogP contribution in [0.1, 0.15) is 21.8 Å². The Morgan fingerprint density at radius 1 is 1.17 bits per heavy atom. The Morgan fingerprint density at radius 2 is 1.87 bits per heavy atom. The number of hydrogen-bond donors (Lipinski definition) is 2. The molecule has 2 N–H and O–H groups in total. The summed E-state index contributed by atoms with van der Waals surface area (Å²) < 4.78 is 9.88. The number of amides is 2. The SMILES string of the molecule is COc1ccc(CC(=O)NCCNC(=O)c2cc(C)on2)cc1. The van der Waals surface area contributed by atoms with E-state index in [0.717, 1.165) is 11.3 Å². The fourth-order valence-corrected chi connectivity index (χ4v) is 1.93. The molecule has 1 aromatic heterocycles. The zero-order chi connectivity index (χ0) is 16.7. The zero-order valence-corrected chi connectivity index (χ0v) is 13.1. The summed E-state index contributed by atoms with van der Waals surface area (Å²) in [4.78, 5) is 23.5. The monoisotopic (exact) mass is 317 g/mol. The number of aryl methyl sites for hydroxylation is 1. The molecule has 7 heteroatoms. The molecule has 2 rings (SSSR count). The maximum Gasteiger partial charge on any atom is 0.273 e. The highest BCUT2D eigenvalue weighted by Crippen LogP contribution is 2.11. The largest absolute Gasteiger partial charge is 0.497 e. The van der Waals surface area contributed by atoms with E-state index in [4.69, 9.17) is 9.26 Å². The number of carbonyl (C=O) groups is 2. The fraction of sp³-hybridized carbons (Fsp3) is 0.312. The Morgan fingerprint density at radius 3 is 2.48 bits per heavy atom. The van der Waals surface area contributed by atoms with E-state index in [1.165, 1.54) is 0 Å². The lowest BCUT2D eigenvalue weighted by Gasteiger charge is -2.07. The van der Waals surface area contributed by atoms with Gasteiger partial charge in [0, 0.05) is 19.2 Å². The Bertz CT molecular complexity index is 664. The van der Waals surface area contributed by atoms with Crippen LogP contribution in [0.5, 0.6) is 5.75 Å². The van der Waals surface area contributed by atoms with Gasteiger partial charge in [0.15, 0.2) is 5.69 Å². The molecule has 2 aromatic rings. The average molecular weight is 317 g/mol. The van der Waals surface area contributed by atoms with Crippen molar-refractivity contribution in [1.29, 1.82) is 0 Å². The summed E-state index contributed by atoms with van der Waals surface area (Å²) in [6.45, 7) is 2.37. The van der Waals surface area contributed by atoms with Gasteiger partial charge in [-0.05, 0) is 24.6 Å². The molecule has 0 unspecified atom stereocenters. The van der Waals surface area contributed by atoms with E-state index in [1.54, 1.807) is 20.1 Å². The van der Waals surface area contributed by atoms with Gasteiger partial charge >= 0.3 is 0 Å². The molecule has 0 saturated carbocycles. The number of ether oxygens (including phenoxy) is 1. The molecular formula is C16H19N3O4. The average Bonchev–Trinajstić information content (AvgIpc) is 2.99. The molecule has 0 spiro atoms. The smallest absolute Gasteiger partial charge is 0.273 e. The van der Waals surface area contributed by atoms with Crippen molar-refractivity contribution in [2.75, 3.05) is 20.2 Å². The minimum atomic E-state index is -0.328. The second-order valence-corrected chi connectivity index (χ2v) is 4.95. The molecule has 0 bridgehead atoms.